The van der Waals surface area contributed by atoms with Crippen LogP contribution in [-0.4, -0.2) is 78.3 Å². The minimum atomic E-state index is -4.48. The molecule has 0 atom stereocenters. The fourth-order valence-corrected chi connectivity index (χ4v) is 5.90. The highest BCUT2D eigenvalue weighted by molar-refractivity contribution is 6.31. The number of piperazine rings is 1. The first kappa shape index (κ1) is 29.3. The lowest BCUT2D eigenvalue weighted by Crippen LogP contribution is -2.48. The summed E-state index contributed by atoms with van der Waals surface area (Å²) in [6.45, 7) is 9.62. The molecule has 0 saturated carbocycles. The van der Waals surface area contributed by atoms with Crippen LogP contribution in [0.25, 0.3) is 11.3 Å². The van der Waals surface area contributed by atoms with Crippen LogP contribution in [0.15, 0.2) is 42.6 Å². The molecule has 220 valence electrons. The number of anilines is 3. The predicted molar refractivity (Wildman–Crippen MR) is 154 cm³/mol. The summed E-state index contributed by atoms with van der Waals surface area (Å²) >= 11 is 6.10. The molecule has 0 aliphatic carbocycles. The summed E-state index contributed by atoms with van der Waals surface area (Å²) in [5.41, 5.74) is 0.548. The summed E-state index contributed by atoms with van der Waals surface area (Å²) in [5, 5.41) is 0.00805. The molecule has 0 N–H and O–H groups in total. The third-order valence-electron chi connectivity index (χ3n) is 7.99. The summed E-state index contributed by atoms with van der Waals surface area (Å²) in [7, 11) is 0. The van der Waals surface area contributed by atoms with Crippen molar-refractivity contribution in [1.82, 2.24) is 19.9 Å². The Kier molecular flexibility index (Phi) is 8.84. The summed E-state index contributed by atoms with van der Waals surface area (Å²) < 4.78 is 54.7. The predicted octanol–water partition coefficient (Wildman–Crippen LogP) is 5.99. The Bertz CT molecular complexity index is 1330. The second-order valence-corrected chi connectivity index (χ2v) is 10.7. The van der Waals surface area contributed by atoms with Gasteiger partial charge in [0.25, 0.3) is 0 Å². The van der Waals surface area contributed by atoms with E-state index in [1.54, 1.807) is 17.0 Å². The lowest BCUT2D eigenvalue weighted by Gasteiger charge is -2.39. The van der Waals surface area contributed by atoms with Crippen LogP contribution in [0.3, 0.4) is 0 Å². The fourth-order valence-electron chi connectivity index (χ4n) is 5.72. The van der Waals surface area contributed by atoms with Crippen LogP contribution in [0.4, 0.5) is 35.1 Å². The lowest BCUT2D eigenvalue weighted by atomic mass is 10.0. The van der Waals surface area contributed by atoms with Gasteiger partial charge in [0.15, 0.2) is 0 Å². The van der Waals surface area contributed by atoms with Gasteiger partial charge in [-0.25, -0.2) is 14.4 Å². The van der Waals surface area contributed by atoms with Crippen molar-refractivity contribution in [3.8, 4) is 11.3 Å². The Morgan fingerprint density at radius 3 is 2.22 bits per heavy atom. The molecular weight excluding hydrogens is 558 g/mol. The minimum Gasteiger partial charge on any atom is -0.353 e. The molecule has 5 rings (SSSR count). The van der Waals surface area contributed by atoms with Crippen LogP contribution in [0.5, 0.6) is 0 Å². The van der Waals surface area contributed by atoms with Crippen molar-refractivity contribution >= 4 is 29.2 Å². The second-order valence-electron chi connectivity index (χ2n) is 10.3. The van der Waals surface area contributed by atoms with E-state index in [-0.39, 0.29) is 10.8 Å². The van der Waals surface area contributed by atoms with Crippen molar-refractivity contribution in [1.29, 1.82) is 0 Å². The highest BCUT2D eigenvalue weighted by Gasteiger charge is 2.36. The third kappa shape index (κ3) is 6.51. The maximum Gasteiger partial charge on any atom is 0.419 e. The standard InChI is InChI=1S/C29H34ClF4N7/c1-3-38(4-2)21-9-12-41(13-10-21)28-36-25(20-7-8-24(31)23(30)18-20)19-26(37-28)39-14-16-40(17-15-39)27-22(29(32,33)34)6-5-11-35-27/h5-8,11,18-19,21H,3-4,9-10,12-17H2,1-2H3. The Labute approximate surface area is 242 Å². The number of aromatic nitrogens is 3. The quantitative estimate of drug-likeness (QED) is 0.313. The Morgan fingerprint density at radius 2 is 1.59 bits per heavy atom. The molecule has 3 aromatic rings. The average Bonchev–Trinajstić information content (AvgIpc) is 2.99. The lowest BCUT2D eigenvalue weighted by molar-refractivity contribution is -0.137. The van der Waals surface area contributed by atoms with Crippen molar-refractivity contribution in [3.63, 3.8) is 0 Å². The van der Waals surface area contributed by atoms with E-state index in [0.717, 1.165) is 45.1 Å². The van der Waals surface area contributed by atoms with Crippen molar-refractivity contribution < 1.29 is 17.6 Å². The zero-order valence-electron chi connectivity index (χ0n) is 23.2. The molecule has 0 amide bonds. The molecule has 0 unspecified atom stereocenters. The first-order chi connectivity index (χ1) is 19.7. The molecule has 7 nitrogen and oxygen atoms in total. The van der Waals surface area contributed by atoms with Gasteiger partial charge in [-0.05, 0) is 56.3 Å². The smallest absolute Gasteiger partial charge is 0.353 e. The zero-order chi connectivity index (χ0) is 29.1. The fraction of sp³-hybridized carbons (Fsp3) is 0.483. The molecule has 2 aliphatic rings. The summed E-state index contributed by atoms with van der Waals surface area (Å²) in [5.74, 6) is 0.698. The summed E-state index contributed by atoms with van der Waals surface area (Å²) in [6, 6.07) is 9.24. The molecule has 1 aromatic carbocycles. The molecule has 0 bridgehead atoms. The minimum absolute atomic E-state index is 0.00805. The zero-order valence-corrected chi connectivity index (χ0v) is 24.0. The number of alkyl halides is 3. The van der Waals surface area contributed by atoms with Gasteiger partial charge in [-0.15, -0.1) is 0 Å². The third-order valence-corrected chi connectivity index (χ3v) is 8.28. The maximum atomic E-state index is 13.9. The number of hydrogen-bond donors (Lipinski definition) is 0. The number of piperidine rings is 1. The topological polar surface area (TPSA) is 51.6 Å². The van der Waals surface area contributed by atoms with Gasteiger partial charge in [0.2, 0.25) is 5.95 Å². The van der Waals surface area contributed by atoms with Crippen LogP contribution >= 0.6 is 11.6 Å². The van der Waals surface area contributed by atoms with Crippen LogP contribution in [0.2, 0.25) is 5.02 Å². The van der Waals surface area contributed by atoms with E-state index >= 15 is 0 Å². The summed E-state index contributed by atoms with van der Waals surface area (Å²) in [4.78, 5) is 22.2. The van der Waals surface area contributed by atoms with Gasteiger partial charge in [0.1, 0.15) is 17.5 Å². The Hall–Kier alpha value is -3.18. The monoisotopic (exact) mass is 591 g/mol. The summed E-state index contributed by atoms with van der Waals surface area (Å²) in [6.07, 6.45) is -1.10. The highest BCUT2D eigenvalue weighted by Crippen LogP contribution is 2.36. The molecule has 0 radical (unpaired) electrons. The number of nitrogens with zero attached hydrogens (tertiary/aromatic N) is 7. The second kappa shape index (κ2) is 12.4. The number of rotatable bonds is 7. The van der Waals surface area contributed by atoms with Gasteiger partial charge < -0.3 is 19.6 Å². The SMILES string of the molecule is CCN(CC)C1CCN(c2nc(-c3ccc(F)c(Cl)c3)cc(N3CCN(c4ncccc4C(F)(F)F)CC3)n2)CC1. The van der Waals surface area contributed by atoms with Crippen molar-refractivity contribution in [3.05, 3.63) is 59.0 Å². The molecule has 0 spiro atoms. The van der Waals surface area contributed by atoms with Crippen LogP contribution < -0.4 is 14.7 Å². The number of pyridine rings is 1. The first-order valence-corrected chi connectivity index (χ1v) is 14.4. The number of halogens is 5. The molecule has 2 saturated heterocycles. The molecule has 12 heteroatoms. The van der Waals surface area contributed by atoms with E-state index in [9.17, 15) is 17.6 Å². The average molecular weight is 592 g/mol. The largest absolute Gasteiger partial charge is 0.419 e. The van der Waals surface area contributed by atoms with E-state index < -0.39 is 17.6 Å². The van der Waals surface area contributed by atoms with Crippen LogP contribution in [0, 0.1) is 5.82 Å². The Morgan fingerprint density at radius 1 is 0.902 bits per heavy atom. The van der Waals surface area contributed by atoms with E-state index in [4.69, 9.17) is 21.6 Å². The van der Waals surface area contributed by atoms with Crippen LogP contribution in [0.1, 0.15) is 32.3 Å². The molecule has 41 heavy (non-hydrogen) atoms. The molecule has 2 aliphatic heterocycles. The molecule has 2 aromatic heterocycles. The van der Waals surface area contributed by atoms with Gasteiger partial charge in [0, 0.05) is 63.1 Å². The normalized spacial score (nSPS) is 17.0. The number of hydrogen-bond acceptors (Lipinski definition) is 7. The molecule has 4 heterocycles. The van der Waals surface area contributed by atoms with E-state index in [1.165, 1.54) is 18.3 Å². The molecule has 2 fully saturated rings. The van der Waals surface area contributed by atoms with E-state index in [2.05, 4.69) is 33.5 Å². The van der Waals surface area contributed by atoms with Crippen molar-refractivity contribution in [2.24, 2.45) is 0 Å². The highest BCUT2D eigenvalue weighted by atomic mass is 35.5. The van der Waals surface area contributed by atoms with Gasteiger partial charge in [-0.2, -0.15) is 18.2 Å². The number of benzene rings is 1. The van der Waals surface area contributed by atoms with E-state index in [0.29, 0.717) is 55.2 Å². The maximum absolute atomic E-state index is 13.9. The first-order valence-electron chi connectivity index (χ1n) is 14.0. The van der Waals surface area contributed by atoms with Crippen LogP contribution in [-0.2, 0) is 6.18 Å². The van der Waals surface area contributed by atoms with Crippen molar-refractivity contribution in [2.45, 2.75) is 38.9 Å². The van der Waals surface area contributed by atoms with Crippen molar-refractivity contribution in [2.75, 3.05) is 67.1 Å². The Balaban J connectivity index is 1.40. The van der Waals surface area contributed by atoms with Gasteiger partial charge in [-0.3, -0.25) is 0 Å². The van der Waals surface area contributed by atoms with Gasteiger partial charge >= 0.3 is 6.18 Å². The molecular formula is C29H34ClF4N7. The van der Waals surface area contributed by atoms with Gasteiger partial charge in [-0.1, -0.05) is 25.4 Å². The van der Waals surface area contributed by atoms with Gasteiger partial charge in [0.05, 0.1) is 16.3 Å². The van der Waals surface area contributed by atoms with E-state index in [1.807, 2.05) is 6.07 Å².